The molecule has 1 unspecified atom stereocenters. The average molecular weight is 435 g/mol. The fourth-order valence-electron chi connectivity index (χ4n) is 2.50. The van der Waals surface area contributed by atoms with E-state index in [1.165, 1.54) is 31.2 Å². The van der Waals surface area contributed by atoms with Crippen LogP contribution in [0.4, 0.5) is 5.69 Å². The van der Waals surface area contributed by atoms with E-state index in [2.05, 4.69) is 10.0 Å². The summed E-state index contributed by atoms with van der Waals surface area (Å²) in [6.45, 7) is 7.23. The van der Waals surface area contributed by atoms with Crippen LogP contribution >= 0.6 is 0 Å². The Bertz CT molecular complexity index is 987. The van der Waals surface area contributed by atoms with Gasteiger partial charge in [-0.1, -0.05) is 6.07 Å². The molecule has 162 valence electrons. The molecular weight excluding hydrogens is 408 g/mol. The number of hydrogen-bond donors (Lipinski definition) is 2. The Morgan fingerprint density at radius 3 is 2.30 bits per heavy atom. The number of rotatable bonds is 9. The van der Waals surface area contributed by atoms with Gasteiger partial charge in [-0.05, 0) is 70.2 Å². The Labute approximate surface area is 176 Å². The maximum Gasteiger partial charge on any atom is 0.338 e. The van der Waals surface area contributed by atoms with Gasteiger partial charge in [0, 0.05) is 11.7 Å². The zero-order valence-corrected chi connectivity index (χ0v) is 18.2. The van der Waals surface area contributed by atoms with Crippen molar-refractivity contribution in [2.45, 2.75) is 44.7 Å². The van der Waals surface area contributed by atoms with Gasteiger partial charge in [0.15, 0.2) is 6.10 Å². The lowest BCUT2D eigenvalue weighted by Gasteiger charge is -2.14. The minimum atomic E-state index is -3.76. The molecule has 2 aromatic carbocycles. The molecule has 0 aliphatic heterocycles. The predicted octanol–water partition coefficient (Wildman–Crippen LogP) is 2.96. The van der Waals surface area contributed by atoms with Gasteiger partial charge in [0.1, 0.15) is 5.75 Å². The first-order chi connectivity index (χ1) is 14.1. The largest absolute Gasteiger partial charge is 0.494 e. The second-order valence-corrected chi connectivity index (χ2v) is 8.51. The number of nitrogens with one attached hydrogen (secondary N) is 2. The first-order valence-electron chi connectivity index (χ1n) is 9.49. The quantitative estimate of drug-likeness (QED) is 0.587. The number of carbonyl (C=O) groups is 2. The van der Waals surface area contributed by atoms with Crippen molar-refractivity contribution in [3.05, 3.63) is 54.1 Å². The molecule has 0 aromatic heterocycles. The molecule has 0 bridgehead atoms. The third kappa shape index (κ3) is 6.57. The van der Waals surface area contributed by atoms with Crippen LogP contribution in [0.25, 0.3) is 0 Å². The van der Waals surface area contributed by atoms with Crippen LogP contribution in [0.15, 0.2) is 53.4 Å². The molecule has 0 spiro atoms. The summed E-state index contributed by atoms with van der Waals surface area (Å²) in [4.78, 5) is 24.6. The van der Waals surface area contributed by atoms with Crippen molar-refractivity contribution in [2.75, 3.05) is 11.9 Å². The summed E-state index contributed by atoms with van der Waals surface area (Å²) < 4.78 is 37.5. The summed E-state index contributed by atoms with van der Waals surface area (Å²) in [6.07, 6.45) is -1.09. The molecule has 0 aliphatic carbocycles. The summed E-state index contributed by atoms with van der Waals surface area (Å²) in [7, 11) is -3.76. The van der Waals surface area contributed by atoms with Crippen molar-refractivity contribution < 1.29 is 27.5 Å². The lowest BCUT2D eigenvalue weighted by Crippen LogP contribution is -2.31. The van der Waals surface area contributed by atoms with E-state index in [-0.39, 0.29) is 16.5 Å². The SMILES string of the molecule is CCOc1ccc(NC(=O)C(C)OC(=O)c2cccc(S(=O)(=O)NC(C)C)c2)cc1. The Morgan fingerprint density at radius 1 is 1.03 bits per heavy atom. The first-order valence-corrected chi connectivity index (χ1v) is 11.0. The summed E-state index contributed by atoms with van der Waals surface area (Å²) in [6, 6.07) is 11.9. The van der Waals surface area contributed by atoms with Crippen molar-refractivity contribution >= 4 is 27.6 Å². The van der Waals surface area contributed by atoms with E-state index in [0.29, 0.717) is 18.0 Å². The van der Waals surface area contributed by atoms with Gasteiger partial charge in [0.25, 0.3) is 5.91 Å². The number of sulfonamides is 1. The highest BCUT2D eigenvalue weighted by Gasteiger charge is 2.21. The Balaban J connectivity index is 2.03. The summed E-state index contributed by atoms with van der Waals surface area (Å²) in [5.74, 6) is -0.638. The molecule has 8 nitrogen and oxygen atoms in total. The maximum atomic E-state index is 12.4. The van der Waals surface area contributed by atoms with Crippen LogP contribution in [0.3, 0.4) is 0 Å². The number of carbonyl (C=O) groups excluding carboxylic acids is 2. The van der Waals surface area contributed by atoms with Gasteiger partial charge in [-0.3, -0.25) is 4.79 Å². The van der Waals surface area contributed by atoms with Gasteiger partial charge < -0.3 is 14.8 Å². The molecule has 0 radical (unpaired) electrons. The molecule has 1 atom stereocenters. The fraction of sp³-hybridized carbons (Fsp3) is 0.333. The topological polar surface area (TPSA) is 111 Å². The normalized spacial score (nSPS) is 12.3. The highest BCUT2D eigenvalue weighted by atomic mass is 32.2. The molecular formula is C21H26N2O6S. The summed E-state index contributed by atoms with van der Waals surface area (Å²) >= 11 is 0. The smallest absolute Gasteiger partial charge is 0.338 e. The van der Waals surface area contributed by atoms with Crippen LogP contribution in [0.1, 0.15) is 38.1 Å². The minimum absolute atomic E-state index is 0.0300. The van der Waals surface area contributed by atoms with Crippen LogP contribution < -0.4 is 14.8 Å². The zero-order chi connectivity index (χ0) is 22.3. The van der Waals surface area contributed by atoms with Gasteiger partial charge >= 0.3 is 5.97 Å². The van der Waals surface area contributed by atoms with Gasteiger partial charge in [-0.2, -0.15) is 0 Å². The van der Waals surface area contributed by atoms with Gasteiger partial charge in [0.2, 0.25) is 10.0 Å². The highest BCUT2D eigenvalue weighted by molar-refractivity contribution is 7.89. The fourth-order valence-corrected chi connectivity index (χ4v) is 3.79. The lowest BCUT2D eigenvalue weighted by atomic mass is 10.2. The Kier molecular flexibility index (Phi) is 7.96. The van der Waals surface area contributed by atoms with Crippen LogP contribution in [-0.4, -0.2) is 39.0 Å². The van der Waals surface area contributed by atoms with Crippen molar-refractivity contribution in [1.82, 2.24) is 4.72 Å². The summed E-state index contributed by atoms with van der Waals surface area (Å²) in [5.41, 5.74) is 0.557. The number of amides is 1. The first kappa shape index (κ1) is 23.4. The van der Waals surface area contributed by atoms with E-state index >= 15 is 0 Å². The molecule has 30 heavy (non-hydrogen) atoms. The second kappa shape index (κ2) is 10.2. The van der Waals surface area contributed by atoms with E-state index in [9.17, 15) is 18.0 Å². The second-order valence-electron chi connectivity index (χ2n) is 6.80. The lowest BCUT2D eigenvalue weighted by molar-refractivity contribution is -0.123. The van der Waals surface area contributed by atoms with Crippen LogP contribution in [0.5, 0.6) is 5.75 Å². The number of esters is 1. The third-order valence-corrected chi connectivity index (χ3v) is 5.51. The Morgan fingerprint density at radius 2 is 1.70 bits per heavy atom. The van der Waals surface area contributed by atoms with Crippen molar-refractivity contribution in [3.63, 3.8) is 0 Å². The minimum Gasteiger partial charge on any atom is -0.494 e. The van der Waals surface area contributed by atoms with Crippen LogP contribution in [-0.2, 0) is 19.6 Å². The molecule has 0 saturated heterocycles. The van der Waals surface area contributed by atoms with E-state index in [1.807, 2.05) is 6.92 Å². The molecule has 0 fully saturated rings. The van der Waals surface area contributed by atoms with Gasteiger partial charge in [0.05, 0.1) is 17.1 Å². The number of ether oxygens (including phenoxy) is 2. The predicted molar refractivity (Wildman–Crippen MR) is 113 cm³/mol. The standard InChI is InChI=1S/C21H26N2O6S/c1-5-28-18-11-9-17(10-12-18)22-20(24)15(4)29-21(25)16-7-6-8-19(13-16)30(26,27)23-14(2)3/h6-15,23H,5H2,1-4H3,(H,22,24). The van der Waals surface area contributed by atoms with E-state index in [1.54, 1.807) is 38.1 Å². The van der Waals surface area contributed by atoms with Gasteiger partial charge in [-0.25, -0.2) is 17.9 Å². The molecule has 2 aromatic rings. The molecule has 1 amide bonds. The van der Waals surface area contributed by atoms with E-state index < -0.39 is 28.0 Å². The zero-order valence-electron chi connectivity index (χ0n) is 17.3. The van der Waals surface area contributed by atoms with E-state index in [4.69, 9.17) is 9.47 Å². The van der Waals surface area contributed by atoms with Crippen LogP contribution in [0.2, 0.25) is 0 Å². The summed E-state index contributed by atoms with van der Waals surface area (Å²) in [5, 5.41) is 2.65. The van der Waals surface area contributed by atoms with Crippen molar-refractivity contribution in [3.8, 4) is 5.75 Å². The number of hydrogen-bond acceptors (Lipinski definition) is 6. The highest BCUT2D eigenvalue weighted by Crippen LogP contribution is 2.17. The van der Waals surface area contributed by atoms with Crippen molar-refractivity contribution in [2.24, 2.45) is 0 Å². The average Bonchev–Trinajstić information content (AvgIpc) is 2.68. The van der Waals surface area contributed by atoms with Gasteiger partial charge in [-0.15, -0.1) is 0 Å². The maximum absolute atomic E-state index is 12.4. The Hall–Kier alpha value is -2.91. The molecule has 0 saturated carbocycles. The number of benzene rings is 2. The molecule has 2 rings (SSSR count). The monoisotopic (exact) mass is 434 g/mol. The molecule has 0 heterocycles. The molecule has 9 heteroatoms. The van der Waals surface area contributed by atoms with E-state index in [0.717, 1.165) is 0 Å². The van der Waals surface area contributed by atoms with Crippen molar-refractivity contribution in [1.29, 1.82) is 0 Å². The molecule has 0 aliphatic rings. The number of anilines is 1. The molecule has 2 N–H and O–H groups in total. The van der Waals surface area contributed by atoms with Crippen LogP contribution in [0, 0.1) is 0 Å². The third-order valence-electron chi connectivity index (χ3n) is 3.86.